The number of nitrogens with zero attached hydrogens (tertiary/aromatic N) is 3. The number of rotatable bonds is 7. The van der Waals surface area contributed by atoms with E-state index < -0.39 is 14.9 Å². The standard InChI is InChI=1S/C19H23N3O4S/c23-22(24)18-8-10-19(11-9-18)27(25,26)21-15-13-20(14-16-21)12-4-7-17-5-2-1-3-6-17/h1-3,5-6,8-11H,4,7,12-16H2. The zero-order chi connectivity index (χ0) is 19.3. The van der Waals surface area contributed by atoms with E-state index in [2.05, 4.69) is 17.0 Å². The fourth-order valence-corrected chi connectivity index (χ4v) is 4.66. The average Bonchev–Trinajstić information content (AvgIpc) is 2.69. The first-order chi connectivity index (χ1) is 13.0. The summed E-state index contributed by atoms with van der Waals surface area (Å²) in [5.41, 5.74) is 1.20. The normalized spacial score (nSPS) is 16.3. The maximum atomic E-state index is 12.7. The molecule has 7 nitrogen and oxygen atoms in total. The van der Waals surface area contributed by atoms with Crippen molar-refractivity contribution in [2.45, 2.75) is 17.7 Å². The van der Waals surface area contributed by atoms with Gasteiger partial charge in [0.15, 0.2) is 0 Å². The molecule has 1 aliphatic rings. The van der Waals surface area contributed by atoms with E-state index in [-0.39, 0.29) is 10.6 Å². The van der Waals surface area contributed by atoms with Crippen molar-refractivity contribution in [3.63, 3.8) is 0 Å². The van der Waals surface area contributed by atoms with Gasteiger partial charge >= 0.3 is 0 Å². The first kappa shape index (κ1) is 19.5. The van der Waals surface area contributed by atoms with E-state index in [0.717, 1.165) is 19.4 Å². The van der Waals surface area contributed by atoms with Gasteiger partial charge in [0, 0.05) is 38.3 Å². The lowest BCUT2D eigenvalue weighted by atomic mass is 10.1. The van der Waals surface area contributed by atoms with E-state index in [1.54, 1.807) is 0 Å². The molecule has 3 rings (SSSR count). The van der Waals surface area contributed by atoms with Crippen LogP contribution in [0.4, 0.5) is 5.69 Å². The van der Waals surface area contributed by atoms with E-state index in [1.165, 1.54) is 34.1 Å². The maximum Gasteiger partial charge on any atom is 0.269 e. The van der Waals surface area contributed by atoms with Crippen molar-refractivity contribution in [1.82, 2.24) is 9.21 Å². The molecule has 0 aromatic heterocycles. The summed E-state index contributed by atoms with van der Waals surface area (Å²) in [7, 11) is -3.61. The zero-order valence-electron chi connectivity index (χ0n) is 15.0. The Kier molecular flexibility index (Phi) is 6.20. The number of non-ortho nitro benzene ring substituents is 1. The van der Waals surface area contributed by atoms with Crippen LogP contribution >= 0.6 is 0 Å². The molecular weight excluding hydrogens is 366 g/mol. The summed E-state index contributed by atoms with van der Waals surface area (Å²) < 4.78 is 26.9. The molecule has 0 N–H and O–H groups in total. The Morgan fingerprint density at radius 3 is 2.15 bits per heavy atom. The molecule has 0 amide bonds. The maximum absolute atomic E-state index is 12.7. The van der Waals surface area contributed by atoms with E-state index in [9.17, 15) is 18.5 Å². The SMILES string of the molecule is O=[N+]([O-])c1ccc(S(=O)(=O)N2CCN(CCCc3ccccc3)CC2)cc1. The molecule has 0 saturated carbocycles. The van der Waals surface area contributed by atoms with Crippen molar-refractivity contribution in [3.05, 3.63) is 70.3 Å². The minimum atomic E-state index is -3.61. The molecule has 27 heavy (non-hydrogen) atoms. The number of piperazine rings is 1. The Bertz CT molecular complexity index is 862. The number of sulfonamides is 1. The molecule has 0 unspecified atom stereocenters. The smallest absolute Gasteiger partial charge is 0.269 e. The Balaban J connectivity index is 1.51. The lowest BCUT2D eigenvalue weighted by molar-refractivity contribution is -0.384. The van der Waals surface area contributed by atoms with Gasteiger partial charge in [0.05, 0.1) is 9.82 Å². The van der Waals surface area contributed by atoms with Crippen molar-refractivity contribution in [3.8, 4) is 0 Å². The summed E-state index contributed by atoms with van der Waals surface area (Å²) in [6.07, 6.45) is 2.06. The van der Waals surface area contributed by atoms with Gasteiger partial charge in [-0.15, -0.1) is 0 Å². The van der Waals surface area contributed by atoms with Crippen molar-refractivity contribution in [1.29, 1.82) is 0 Å². The lowest BCUT2D eigenvalue weighted by Gasteiger charge is -2.34. The number of aryl methyl sites for hydroxylation is 1. The van der Waals surface area contributed by atoms with Crippen LogP contribution in [0.15, 0.2) is 59.5 Å². The van der Waals surface area contributed by atoms with Gasteiger partial charge in [0.2, 0.25) is 10.0 Å². The van der Waals surface area contributed by atoms with Crippen LogP contribution in [0.2, 0.25) is 0 Å². The van der Waals surface area contributed by atoms with E-state index >= 15 is 0 Å². The Hall–Kier alpha value is -2.29. The second kappa shape index (κ2) is 8.60. The Morgan fingerprint density at radius 2 is 1.56 bits per heavy atom. The third kappa shape index (κ3) is 4.91. The summed E-state index contributed by atoms with van der Waals surface area (Å²) in [6.45, 7) is 3.21. The number of benzene rings is 2. The molecule has 1 heterocycles. The van der Waals surface area contributed by atoms with Gasteiger partial charge < -0.3 is 4.90 Å². The molecule has 1 saturated heterocycles. The lowest BCUT2D eigenvalue weighted by Crippen LogP contribution is -2.48. The van der Waals surface area contributed by atoms with E-state index in [1.807, 2.05) is 18.2 Å². The molecule has 0 bridgehead atoms. The topological polar surface area (TPSA) is 83.8 Å². The quantitative estimate of drug-likeness (QED) is 0.537. The van der Waals surface area contributed by atoms with Gasteiger partial charge in [-0.05, 0) is 37.1 Å². The van der Waals surface area contributed by atoms with Crippen LogP contribution in [0.5, 0.6) is 0 Å². The summed E-state index contributed by atoms with van der Waals surface area (Å²) in [6, 6.07) is 15.4. The fourth-order valence-electron chi connectivity index (χ4n) is 3.23. The van der Waals surface area contributed by atoms with Gasteiger partial charge in [-0.2, -0.15) is 4.31 Å². The first-order valence-electron chi connectivity index (χ1n) is 8.98. The summed E-state index contributed by atoms with van der Waals surface area (Å²) in [5, 5.41) is 10.7. The molecule has 1 fully saturated rings. The van der Waals surface area contributed by atoms with E-state index in [0.29, 0.717) is 26.2 Å². The number of hydrogen-bond donors (Lipinski definition) is 0. The van der Waals surface area contributed by atoms with Gasteiger partial charge in [0.1, 0.15) is 0 Å². The Labute approximate surface area is 159 Å². The van der Waals surface area contributed by atoms with Crippen LogP contribution < -0.4 is 0 Å². The molecule has 0 spiro atoms. The molecule has 0 aliphatic carbocycles. The number of nitro groups is 1. The highest BCUT2D eigenvalue weighted by molar-refractivity contribution is 7.89. The summed E-state index contributed by atoms with van der Waals surface area (Å²) in [4.78, 5) is 12.6. The molecule has 8 heteroatoms. The predicted octanol–water partition coefficient (Wildman–Crippen LogP) is 2.53. The van der Waals surface area contributed by atoms with Gasteiger partial charge in [-0.3, -0.25) is 10.1 Å². The Morgan fingerprint density at radius 1 is 0.926 bits per heavy atom. The average molecular weight is 389 g/mol. The summed E-state index contributed by atoms with van der Waals surface area (Å²) in [5.74, 6) is 0. The largest absolute Gasteiger partial charge is 0.301 e. The minimum absolute atomic E-state index is 0.102. The van der Waals surface area contributed by atoms with Crippen LogP contribution in [0.1, 0.15) is 12.0 Å². The number of hydrogen-bond acceptors (Lipinski definition) is 5. The number of nitro benzene ring substituents is 1. The van der Waals surface area contributed by atoms with Crippen LogP contribution in [-0.2, 0) is 16.4 Å². The minimum Gasteiger partial charge on any atom is -0.301 e. The molecular formula is C19H23N3O4S. The third-order valence-electron chi connectivity index (χ3n) is 4.80. The summed E-state index contributed by atoms with van der Waals surface area (Å²) >= 11 is 0. The van der Waals surface area contributed by atoms with Gasteiger partial charge in [0.25, 0.3) is 5.69 Å². The second-order valence-electron chi connectivity index (χ2n) is 6.59. The fraction of sp³-hybridized carbons (Fsp3) is 0.368. The van der Waals surface area contributed by atoms with Crippen LogP contribution in [-0.4, -0.2) is 55.3 Å². The van der Waals surface area contributed by atoms with Crippen LogP contribution in [0.25, 0.3) is 0 Å². The zero-order valence-corrected chi connectivity index (χ0v) is 15.8. The van der Waals surface area contributed by atoms with Crippen molar-refractivity contribution in [2.24, 2.45) is 0 Å². The van der Waals surface area contributed by atoms with Crippen LogP contribution in [0.3, 0.4) is 0 Å². The highest BCUT2D eigenvalue weighted by atomic mass is 32.2. The predicted molar refractivity (Wildman–Crippen MR) is 103 cm³/mol. The molecule has 1 aliphatic heterocycles. The highest BCUT2D eigenvalue weighted by Crippen LogP contribution is 2.21. The monoisotopic (exact) mass is 389 g/mol. The second-order valence-corrected chi connectivity index (χ2v) is 8.52. The molecule has 2 aromatic carbocycles. The first-order valence-corrected chi connectivity index (χ1v) is 10.4. The molecule has 144 valence electrons. The molecule has 0 radical (unpaired) electrons. The van der Waals surface area contributed by atoms with Gasteiger partial charge in [-0.1, -0.05) is 30.3 Å². The van der Waals surface area contributed by atoms with Gasteiger partial charge in [-0.25, -0.2) is 8.42 Å². The van der Waals surface area contributed by atoms with Crippen molar-refractivity contribution >= 4 is 15.7 Å². The van der Waals surface area contributed by atoms with E-state index in [4.69, 9.17) is 0 Å². The van der Waals surface area contributed by atoms with Crippen LogP contribution in [0, 0.1) is 10.1 Å². The van der Waals surface area contributed by atoms with Crippen molar-refractivity contribution < 1.29 is 13.3 Å². The third-order valence-corrected chi connectivity index (χ3v) is 6.71. The molecule has 2 aromatic rings. The highest BCUT2D eigenvalue weighted by Gasteiger charge is 2.28. The molecule has 0 atom stereocenters. The van der Waals surface area contributed by atoms with Crippen molar-refractivity contribution in [2.75, 3.05) is 32.7 Å².